The summed E-state index contributed by atoms with van der Waals surface area (Å²) < 4.78 is 8.31. The van der Waals surface area contributed by atoms with Crippen LogP contribution in [0.5, 0.6) is 0 Å². The summed E-state index contributed by atoms with van der Waals surface area (Å²) in [7, 11) is 0. The van der Waals surface area contributed by atoms with Gasteiger partial charge in [0.2, 0.25) is 0 Å². The maximum atomic E-state index is 10.8. The summed E-state index contributed by atoms with van der Waals surface area (Å²) in [6, 6.07) is 0. The highest BCUT2D eigenvalue weighted by Crippen LogP contribution is 1.95. The molecule has 0 amide bonds. The van der Waals surface area contributed by atoms with E-state index in [1.807, 2.05) is 0 Å². The fourth-order valence-corrected chi connectivity index (χ4v) is 0.482. The predicted octanol–water partition coefficient (Wildman–Crippen LogP) is -0.326. The number of ether oxygens (including phenoxy) is 2. The third-order valence-corrected chi connectivity index (χ3v) is 1.01. The van der Waals surface area contributed by atoms with E-state index in [-0.39, 0.29) is 0 Å². The second kappa shape index (κ2) is 7.01. The van der Waals surface area contributed by atoms with Crippen molar-refractivity contribution >= 4 is 17.9 Å². The highest BCUT2D eigenvalue weighted by molar-refractivity contribution is 5.92. The number of hydrogen-bond acceptors (Lipinski definition) is 7. The Labute approximate surface area is 89.3 Å². The van der Waals surface area contributed by atoms with E-state index in [0.29, 0.717) is 12.2 Å². The van der Waals surface area contributed by atoms with Crippen LogP contribution in [0.1, 0.15) is 0 Å². The van der Waals surface area contributed by atoms with E-state index in [4.69, 9.17) is 10.4 Å². The van der Waals surface area contributed by atoms with Crippen LogP contribution in [-0.4, -0.2) is 34.9 Å². The van der Waals surface area contributed by atoms with Crippen molar-refractivity contribution in [2.45, 2.75) is 0 Å². The minimum absolute atomic E-state index is 0.647. The Bertz CT molecular complexity index is 329. The molecule has 0 atom stereocenters. The minimum Gasteiger partial charge on any atom is -0.479 e. The zero-order chi connectivity index (χ0) is 12.6. The molecule has 0 radical (unpaired) electrons. The van der Waals surface area contributed by atoms with Crippen LogP contribution in [0.2, 0.25) is 0 Å². The molecule has 8 heteroatoms. The zero-order valence-electron chi connectivity index (χ0n) is 7.91. The van der Waals surface area contributed by atoms with Gasteiger partial charge in [0.25, 0.3) is 0 Å². The Hall–Kier alpha value is -2.35. The van der Waals surface area contributed by atoms with Crippen LogP contribution in [-0.2, 0) is 28.7 Å². The first-order chi connectivity index (χ1) is 7.45. The van der Waals surface area contributed by atoms with Gasteiger partial charge >= 0.3 is 23.9 Å². The van der Waals surface area contributed by atoms with Gasteiger partial charge in [-0.15, -0.1) is 0 Å². The monoisotopic (exact) mass is 232 g/mol. The molecule has 0 saturated heterocycles. The first-order valence-corrected chi connectivity index (χ1v) is 3.74. The van der Waals surface area contributed by atoms with Gasteiger partial charge in [0.05, 0.1) is 0 Å². The quantitative estimate of drug-likeness (QED) is 0.210. The third-order valence-electron chi connectivity index (χ3n) is 1.01. The van der Waals surface area contributed by atoms with Crippen molar-refractivity contribution in [2.24, 2.45) is 0 Å². The summed E-state index contributed by atoms with van der Waals surface area (Å²) in [5.41, 5.74) is 0. The Morgan fingerprint density at radius 3 is 2.25 bits per heavy atom. The molecule has 0 spiro atoms. The normalized spacial score (nSPS) is 9.56. The standard InChI is InChI=1S/C8H8O8/c1-5(16-13)15-8(12)3-2-7(11)14-4-6(9)10/h2-3,13H,1,4H2,(H,9,10)/b3-2-. The molecular formula is C8H8O8. The topological polar surface area (TPSA) is 119 Å². The number of aliphatic carboxylic acids is 1. The highest BCUT2D eigenvalue weighted by Gasteiger charge is 2.05. The summed E-state index contributed by atoms with van der Waals surface area (Å²) in [4.78, 5) is 34.9. The van der Waals surface area contributed by atoms with Gasteiger partial charge in [-0.25, -0.2) is 14.4 Å². The van der Waals surface area contributed by atoms with Crippen molar-refractivity contribution in [3.8, 4) is 0 Å². The van der Waals surface area contributed by atoms with Crippen LogP contribution < -0.4 is 0 Å². The molecular weight excluding hydrogens is 224 g/mol. The number of esters is 2. The van der Waals surface area contributed by atoms with Crippen molar-refractivity contribution < 1.29 is 39.1 Å². The van der Waals surface area contributed by atoms with Crippen LogP contribution in [0, 0.1) is 0 Å². The zero-order valence-corrected chi connectivity index (χ0v) is 7.91. The van der Waals surface area contributed by atoms with Gasteiger partial charge in [-0.2, -0.15) is 5.26 Å². The molecule has 0 aliphatic rings. The number of carbonyl (C=O) groups excluding carboxylic acids is 2. The second-order valence-corrected chi connectivity index (χ2v) is 2.22. The molecule has 16 heavy (non-hydrogen) atoms. The van der Waals surface area contributed by atoms with E-state index < -0.39 is 30.5 Å². The maximum absolute atomic E-state index is 10.8. The third kappa shape index (κ3) is 7.09. The molecule has 0 aliphatic heterocycles. The number of carboxylic acid groups (broad SMARTS) is 1. The van der Waals surface area contributed by atoms with Crippen molar-refractivity contribution in [1.29, 1.82) is 0 Å². The number of hydrogen-bond donors (Lipinski definition) is 2. The molecule has 0 heterocycles. The lowest BCUT2D eigenvalue weighted by Crippen LogP contribution is -2.11. The SMILES string of the molecule is C=C(OO)OC(=O)/C=C\C(=O)OCC(=O)O. The summed E-state index contributed by atoms with van der Waals surface area (Å²) in [5.74, 6) is -4.08. The maximum Gasteiger partial charge on any atom is 0.341 e. The smallest absolute Gasteiger partial charge is 0.341 e. The van der Waals surface area contributed by atoms with Crippen LogP contribution in [0.15, 0.2) is 24.7 Å². The average molecular weight is 232 g/mol. The summed E-state index contributed by atoms with van der Waals surface area (Å²) in [5, 5.41) is 16.1. The van der Waals surface area contributed by atoms with E-state index >= 15 is 0 Å². The van der Waals surface area contributed by atoms with Gasteiger partial charge < -0.3 is 19.5 Å². The van der Waals surface area contributed by atoms with Crippen LogP contribution in [0.4, 0.5) is 0 Å². The summed E-state index contributed by atoms with van der Waals surface area (Å²) in [6.45, 7) is 2.14. The Kier molecular flexibility index (Phi) is 5.98. The fourth-order valence-electron chi connectivity index (χ4n) is 0.482. The Balaban J connectivity index is 3.98. The van der Waals surface area contributed by atoms with Crippen molar-refractivity contribution in [3.63, 3.8) is 0 Å². The van der Waals surface area contributed by atoms with Gasteiger partial charge in [-0.3, -0.25) is 0 Å². The molecule has 88 valence electrons. The Morgan fingerprint density at radius 2 is 1.75 bits per heavy atom. The van der Waals surface area contributed by atoms with E-state index in [2.05, 4.69) is 20.9 Å². The lowest BCUT2D eigenvalue weighted by atomic mass is 10.5. The number of carbonyl (C=O) groups is 3. The molecule has 0 aromatic carbocycles. The van der Waals surface area contributed by atoms with Gasteiger partial charge in [-0.05, 0) is 6.58 Å². The lowest BCUT2D eigenvalue weighted by molar-refractivity contribution is -0.240. The minimum atomic E-state index is -1.33. The lowest BCUT2D eigenvalue weighted by Gasteiger charge is -1.99. The van der Waals surface area contributed by atoms with Crippen molar-refractivity contribution in [1.82, 2.24) is 0 Å². The Morgan fingerprint density at radius 1 is 1.19 bits per heavy atom. The molecule has 0 aliphatic carbocycles. The number of carboxylic acids is 1. The summed E-state index contributed by atoms with van der Waals surface area (Å²) in [6.07, 6.45) is 1.30. The van der Waals surface area contributed by atoms with Gasteiger partial charge in [0.1, 0.15) is 0 Å². The predicted molar refractivity (Wildman–Crippen MR) is 46.7 cm³/mol. The van der Waals surface area contributed by atoms with E-state index in [9.17, 15) is 14.4 Å². The highest BCUT2D eigenvalue weighted by atomic mass is 17.1. The van der Waals surface area contributed by atoms with E-state index in [1.165, 1.54) is 0 Å². The van der Waals surface area contributed by atoms with Crippen molar-refractivity contribution in [2.75, 3.05) is 6.61 Å². The van der Waals surface area contributed by atoms with Crippen LogP contribution >= 0.6 is 0 Å². The van der Waals surface area contributed by atoms with Gasteiger partial charge in [0.15, 0.2) is 6.61 Å². The molecule has 0 saturated carbocycles. The molecule has 8 nitrogen and oxygen atoms in total. The first kappa shape index (κ1) is 13.7. The van der Waals surface area contributed by atoms with Crippen LogP contribution in [0.3, 0.4) is 0 Å². The molecule has 0 bridgehead atoms. The largest absolute Gasteiger partial charge is 0.479 e. The molecule has 0 unspecified atom stereocenters. The molecule has 0 rings (SSSR count). The van der Waals surface area contributed by atoms with Crippen molar-refractivity contribution in [3.05, 3.63) is 24.7 Å². The first-order valence-electron chi connectivity index (χ1n) is 3.74. The summed E-state index contributed by atoms with van der Waals surface area (Å²) >= 11 is 0. The molecule has 2 N–H and O–H groups in total. The number of rotatable bonds is 6. The molecule has 0 fully saturated rings. The second-order valence-electron chi connectivity index (χ2n) is 2.22. The molecule has 0 aromatic heterocycles. The fraction of sp³-hybridized carbons (Fsp3) is 0.125. The average Bonchev–Trinajstić information content (AvgIpc) is 2.23. The van der Waals surface area contributed by atoms with Crippen LogP contribution in [0.25, 0.3) is 0 Å². The molecule has 0 aromatic rings. The van der Waals surface area contributed by atoms with Gasteiger partial charge in [0, 0.05) is 12.2 Å². The van der Waals surface area contributed by atoms with E-state index in [1.54, 1.807) is 0 Å². The van der Waals surface area contributed by atoms with E-state index in [0.717, 1.165) is 0 Å². The van der Waals surface area contributed by atoms with Gasteiger partial charge in [-0.1, -0.05) is 0 Å².